The number of carbonyl (C=O) groups excluding carboxylic acids is 2. The third-order valence-electron chi connectivity index (χ3n) is 3.88. The van der Waals surface area contributed by atoms with Crippen molar-refractivity contribution in [3.8, 4) is 0 Å². The summed E-state index contributed by atoms with van der Waals surface area (Å²) in [6.45, 7) is 7.77. The minimum Gasteiger partial charge on any atom is -0.480 e. The highest BCUT2D eigenvalue weighted by Crippen LogP contribution is 2.19. The van der Waals surface area contributed by atoms with Gasteiger partial charge in [-0.25, -0.2) is 9.59 Å². The van der Waals surface area contributed by atoms with Gasteiger partial charge >= 0.3 is 12.1 Å². The molecule has 0 saturated carbocycles. The summed E-state index contributed by atoms with van der Waals surface area (Å²) in [5.41, 5.74) is -0.801. The number of amides is 2. The van der Waals surface area contributed by atoms with E-state index >= 15 is 0 Å². The number of nitrogens with one attached hydrogen (secondary N) is 2. The molecule has 2 amide bonds. The maximum Gasteiger partial charge on any atom is 0.434 e. The number of benzene rings is 1. The van der Waals surface area contributed by atoms with Gasteiger partial charge in [0.2, 0.25) is 0 Å². The Morgan fingerprint density at radius 3 is 2.39 bits per heavy atom. The first kappa shape index (κ1) is 21.1. The predicted molar refractivity (Wildman–Crippen MR) is 106 cm³/mol. The van der Waals surface area contributed by atoms with Crippen LogP contribution in [0.5, 0.6) is 0 Å². The Balaban J connectivity index is 2.36. The lowest BCUT2D eigenvalue weighted by molar-refractivity contribution is -0.145. The molecule has 1 aromatic carbocycles. The minimum absolute atomic E-state index is 0.0325. The topological polar surface area (TPSA) is 121 Å². The molecule has 3 N–H and O–H groups in total. The zero-order valence-electron chi connectivity index (χ0n) is 16.6. The minimum atomic E-state index is -1.52. The molecule has 2 rings (SSSR count). The van der Waals surface area contributed by atoms with Crippen LogP contribution in [-0.2, 0) is 20.7 Å². The van der Waals surface area contributed by atoms with Gasteiger partial charge < -0.3 is 20.1 Å². The van der Waals surface area contributed by atoms with Crippen LogP contribution >= 0.6 is 0 Å². The first-order valence-corrected chi connectivity index (χ1v) is 8.80. The first-order chi connectivity index (χ1) is 12.9. The number of carboxylic acid groups (broad SMARTS) is 1. The SMILES string of the molecule is CC(C)(C)OC(=O)N=C(Cc1c[nH]c2ccccc12)C(=O)NC(C)(C)C(=O)O. The summed E-state index contributed by atoms with van der Waals surface area (Å²) in [4.78, 5) is 43.1. The second-order valence-corrected chi connectivity index (χ2v) is 7.96. The van der Waals surface area contributed by atoms with Crippen molar-refractivity contribution in [3.63, 3.8) is 0 Å². The van der Waals surface area contributed by atoms with Crippen LogP contribution in [0.2, 0.25) is 0 Å². The molecule has 0 radical (unpaired) electrons. The summed E-state index contributed by atoms with van der Waals surface area (Å²) >= 11 is 0. The van der Waals surface area contributed by atoms with Gasteiger partial charge in [0, 0.05) is 23.5 Å². The fourth-order valence-electron chi connectivity index (χ4n) is 2.43. The molecule has 0 saturated heterocycles. The number of aromatic nitrogens is 1. The highest BCUT2D eigenvalue weighted by Gasteiger charge is 2.31. The molecule has 2 aromatic rings. The van der Waals surface area contributed by atoms with Gasteiger partial charge in [-0.1, -0.05) is 18.2 Å². The number of hydrogen-bond donors (Lipinski definition) is 3. The quantitative estimate of drug-likeness (QED) is 0.681. The number of nitrogens with zero attached hydrogens (tertiary/aromatic N) is 1. The van der Waals surface area contributed by atoms with Crippen molar-refractivity contribution >= 4 is 34.6 Å². The molecule has 0 aliphatic rings. The van der Waals surface area contributed by atoms with Crippen LogP contribution in [0.1, 0.15) is 40.2 Å². The predicted octanol–water partition coefficient (Wildman–Crippen LogP) is 3.07. The summed E-state index contributed by atoms with van der Waals surface area (Å²) in [5, 5.41) is 12.5. The van der Waals surface area contributed by atoms with E-state index in [0.717, 1.165) is 16.5 Å². The summed E-state index contributed by atoms with van der Waals surface area (Å²) in [6.07, 6.45) is 0.848. The lowest BCUT2D eigenvalue weighted by Crippen LogP contribution is -2.52. The maximum atomic E-state index is 12.7. The number of aliphatic carboxylic acids is 1. The Morgan fingerprint density at radius 2 is 1.79 bits per heavy atom. The second kappa shape index (κ2) is 7.84. The maximum absolute atomic E-state index is 12.7. The van der Waals surface area contributed by atoms with Gasteiger partial charge in [0.25, 0.3) is 5.91 Å². The standard InChI is InChI=1S/C20H25N3O5/c1-19(2,3)28-18(27)22-15(16(24)23-20(4,5)17(25)26)10-12-11-21-14-9-7-6-8-13(12)14/h6-9,11,21H,10H2,1-5H3,(H,23,24)(H,25,26). The lowest BCUT2D eigenvalue weighted by Gasteiger charge is -2.22. The van der Waals surface area contributed by atoms with Crippen LogP contribution in [0.15, 0.2) is 35.5 Å². The molecule has 1 heterocycles. The van der Waals surface area contributed by atoms with Crippen LogP contribution in [0.25, 0.3) is 10.9 Å². The summed E-state index contributed by atoms with van der Waals surface area (Å²) in [7, 11) is 0. The van der Waals surface area contributed by atoms with Gasteiger partial charge in [0.05, 0.1) is 0 Å². The third kappa shape index (κ3) is 5.42. The molecule has 0 fully saturated rings. The molecule has 0 unspecified atom stereocenters. The average Bonchev–Trinajstić information content (AvgIpc) is 2.95. The molecule has 0 aliphatic heterocycles. The van der Waals surface area contributed by atoms with E-state index in [1.165, 1.54) is 13.8 Å². The molecule has 0 spiro atoms. The van der Waals surface area contributed by atoms with Crippen LogP contribution in [-0.4, -0.2) is 44.9 Å². The number of rotatable bonds is 5. The molecule has 0 bridgehead atoms. The number of ether oxygens (including phenoxy) is 1. The number of carbonyl (C=O) groups is 3. The Labute approximate surface area is 163 Å². The van der Waals surface area contributed by atoms with Gasteiger partial charge in [-0.2, -0.15) is 4.99 Å². The number of carboxylic acids is 1. The molecular weight excluding hydrogens is 362 g/mol. The van der Waals surface area contributed by atoms with E-state index in [1.54, 1.807) is 27.0 Å². The summed E-state index contributed by atoms with van der Waals surface area (Å²) < 4.78 is 5.17. The van der Waals surface area contributed by atoms with E-state index in [1.807, 2.05) is 24.3 Å². The smallest absolute Gasteiger partial charge is 0.434 e. The number of H-pyrrole nitrogens is 1. The Hall–Kier alpha value is -3.16. The Bertz CT molecular complexity index is 935. The van der Waals surface area contributed by atoms with Crippen molar-refractivity contribution in [2.45, 2.75) is 52.2 Å². The highest BCUT2D eigenvalue weighted by atomic mass is 16.6. The van der Waals surface area contributed by atoms with Crippen LogP contribution < -0.4 is 5.32 Å². The van der Waals surface area contributed by atoms with Crippen molar-refractivity contribution in [3.05, 3.63) is 36.0 Å². The van der Waals surface area contributed by atoms with E-state index in [4.69, 9.17) is 4.74 Å². The summed E-state index contributed by atoms with van der Waals surface area (Å²) in [6, 6.07) is 7.50. The normalized spacial score (nSPS) is 12.7. The van der Waals surface area contributed by atoms with E-state index in [-0.39, 0.29) is 12.1 Å². The van der Waals surface area contributed by atoms with Crippen molar-refractivity contribution in [1.82, 2.24) is 10.3 Å². The molecule has 1 aromatic heterocycles. The molecule has 150 valence electrons. The number of hydrogen-bond acceptors (Lipinski definition) is 4. The van der Waals surface area contributed by atoms with E-state index in [2.05, 4.69) is 15.3 Å². The molecule has 8 nitrogen and oxygen atoms in total. The molecule has 8 heteroatoms. The number of fused-ring (bicyclic) bond motifs is 1. The molecular formula is C20H25N3O5. The van der Waals surface area contributed by atoms with Gasteiger partial charge in [0.1, 0.15) is 16.9 Å². The fraction of sp³-hybridized carbons (Fsp3) is 0.400. The van der Waals surface area contributed by atoms with E-state index < -0.39 is 29.1 Å². The second-order valence-electron chi connectivity index (χ2n) is 7.96. The molecule has 0 atom stereocenters. The van der Waals surface area contributed by atoms with Gasteiger partial charge in [0.15, 0.2) is 0 Å². The lowest BCUT2D eigenvalue weighted by atomic mass is 10.0. The largest absolute Gasteiger partial charge is 0.480 e. The van der Waals surface area contributed by atoms with Gasteiger partial charge in [-0.3, -0.25) is 4.79 Å². The zero-order chi connectivity index (χ0) is 21.1. The number of aromatic amines is 1. The van der Waals surface area contributed by atoms with Crippen molar-refractivity contribution in [2.75, 3.05) is 0 Å². The average molecular weight is 387 g/mol. The third-order valence-corrected chi connectivity index (χ3v) is 3.88. The van der Waals surface area contributed by atoms with E-state index in [0.29, 0.717) is 0 Å². The fourth-order valence-corrected chi connectivity index (χ4v) is 2.43. The number of para-hydroxylation sites is 1. The zero-order valence-corrected chi connectivity index (χ0v) is 16.6. The molecule has 28 heavy (non-hydrogen) atoms. The number of aliphatic imine (C=N–C) groups is 1. The first-order valence-electron chi connectivity index (χ1n) is 8.80. The van der Waals surface area contributed by atoms with E-state index in [9.17, 15) is 19.5 Å². The van der Waals surface area contributed by atoms with Crippen molar-refractivity contribution in [1.29, 1.82) is 0 Å². The summed E-state index contributed by atoms with van der Waals surface area (Å²) in [5.74, 6) is -1.95. The monoisotopic (exact) mass is 387 g/mol. The van der Waals surface area contributed by atoms with Crippen molar-refractivity contribution < 1.29 is 24.2 Å². The highest BCUT2D eigenvalue weighted by molar-refractivity contribution is 6.41. The van der Waals surface area contributed by atoms with Crippen LogP contribution in [0.4, 0.5) is 4.79 Å². The van der Waals surface area contributed by atoms with Crippen molar-refractivity contribution in [2.24, 2.45) is 4.99 Å². The van der Waals surface area contributed by atoms with Gasteiger partial charge in [-0.15, -0.1) is 0 Å². The Kier molecular flexibility index (Phi) is 5.92. The molecule has 0 aliphatic carbocycles. The van der Waals surface area contributed by atoms with Crippen LogP contribution in [0.3, 0.4) is 0 Å². The van der Waals surface area contributed by atoms with Crippen LogP contribution in [0, 0.1) is 0 Å². The Morgan fingerprint density at radius 1 is 1.14 bits per heavy atom. The van der Waals surface area contributed by atoms with Gasteiger partial charge in [-0.05, 0) is 46.2 Å².